The Morgan fingerprint density at radius 3 is 2.51 bits per heavy atom. The lowest BCUT2D eigenvalue weighted by Crippen LogP contribution is -2.58. The number of carbonyl (C=O) groups is 2. The summed E-state index contributed by atoms with van der Waals surface area (Å²) in [4.78, 5) is 33.5. The van der Waals surface area contributed by atoms with Crippen LogP contribution in [0.3, 0.4) is 0 Å². The van der Waals surface area contributed by atoms with Crippen LogP contribution in [-0.4, -0.2) is 63.1 Å². The first kappa shape index (κ1) is 26.6. The number of amides is 2. The standard InChI is InChI=1S/C29H37FN4O3/c1-18(2)32(8)26(35)22-11-21(30)9-10-23(22)34-15-20(25-19(3)13-31-14-24(25)34)12-29(7)16-33(17-29)27(36)37-28(4,5)6/h9-11,13-15,18H,12,16-17H2,1-8H3. The van der Waals surface area contributed by atoms with E-state index in [0.717, 1.165) is 28.5 Å². The summed E-state index contributed by atoms with van der Waals surface area (Å²) in [5.41, 5.74) is 3.23. The van der Waals surface area contributed by atoms with E-state index in [1.165, 1.54) is 12.1 Å². The Labute approximate surface area is 218 Å². The lowest BCUT2D eigenvalue weighted by atomic mass is 9.76. The third-order valence-corrected chi connectivity index (χ3v) is 6.94. The molecule has 2 aromatic heterocycles. The van der Waals surface area contributed by atoms with Crippen LogP contribution in [0.5, 0.6) is 0 Å². The highest BCUT2D eigenvalue weighted by Gasteiger charge is 2.43. The Balaban J connectivity index is 1.72. The minimum Gasteiger partial charge on any atom is -0.444 e. The van der Waals surface area contributed by atoms with Gasteiger partial charge in [-0.25, -0.2) is 9.18 Å². The maximum absolute atomic E-state index is 14.3. The van der Waals surface area contributed by atoms with E-state index in [4.69, 9.17) is 4.74 Å². The highest BCUT2D eigenvalue weighted by Crippen LogP contribution is 2.38. The van der Waals surface area contributed by atoms with Crippen molar-refractivity contribution in [2.75, 3.05) is 20.1 Å². The number of rotatable bonds is 5. The fourth-order valence-electron chi connectivity index (χ4n) is 4.99. The van der Waals surface area contributed by atoms with E-state index in [9.17, 15) is 14.0 Å². The van der Waals surface area contributed by atoms with Gasteiger partial charge in [0, 0.05) is 49.4 Å². The molecule has 3 aromatic rings. The molecule has 0 saturated carbocycles. The molecule has 8 heteroatoms. The monoisotopic (exact) mass is 508 g/mol. The number of carbonyl (C=O) groups excluding carboxylic acids is 2. The van der Waals surface area contributed by atoms with Gasteiger partial charge < -0.3 is 19.1 Å². The molecule has 0 radical (unpaired) electrons. The SMILES string of the molecule is Cc1cncc2c1c(CC1(C)CN(C(=O)OC(C)(C)C)C1)cn2-c1ccc(F)cc1C(=O)N(C)C(C)C. The third kappa shape index (κ3) is 5.33. The number of benzene rings is 1. The van der Waals surface area contributed by atoms with Crippen LogP contribution in [0.2, 0.25) is 0 Å². The summed E-state index contributed by atoms with van der Waals surface area (Å²) in [6.45, 7) is 14.8. The predicted octanol–water partition coefficient (Wildman–Crippen LogP) is 5.75. The van der Waals surface area contributed by atoms with Crippen LogP contribution in [0.25, 0.3) is 16.6 Å². The van der Waals surface area contributed by atoms with E-state index in [2.05, 4.69) is 11.9 Å². The molecule has 1 aromatic carbocycles. The number of aryl methyl sites for hydroxylation is 1. The number of ether oxygens (including phenoxy) is 1. The molecule has 4 rings (SSSR count). The Kier molecular flexibility index (Phi) is 6.82. The molecule has 37 heavy (non-hydrogen) atoms. The summed E-state index contributed by atoms with van der Waals surface area (Å²) >= 11 is 0. The van der Waals surface area contributed by atoms with E-state index in [1.54, 1.807) is 29.1 Å². The summed E-state index contributed by atoms with van der Waals surface area (Å²) < 4.78 is 21.8. The fraction of sp³-hybridized carbons (Fsp3) is 0.483. The van der Waals surface area contributed by atoms with Gasteiger partial charge in [0.2, 0.25) is 0 Å². The summed E-state index contributed by atoms with van der Waals surface area (Å²) in [7, 11) is 1.72. The second kappa shape index (κ2) is 9.47. The number of aromatic nitrogens is 2. The molecule has 0 aliphatic carbocycles. The molecule has 0 unspecified atom stereocenters. The molecule has 1 fully saturated rings. The van der Waals surface area contributed by atoms with Crippen LogP contribution in [0.15, 0.2) is 36.8 Å². The Morgan fingerprint density at radius 2 is 1.89 bits per heavy atom. The number of hydrogen-bond acceptors (Lipinski definition) is 4. The van der Waals surface area contributed by atoms with Crippen molar-refractivity contribution in [3.05, 3.63) is 59.3 Å². The molecule has 0 bridgehead atoms. The Morgan fingerprint density at radius 1 is 1.22 bits per heavy atom. The molecular weight excluding hydrogens is 471 g/mol. The van der Waals surface area contributed by atoms with Crippen molar-refractivity contribution < 1.29 is 18.7 Å². The van der Waals surface area contributed by atoms with Crippen molar-refractivity contribution >= 4 is 22.9 Å². The molecule has 198 valence electrons. The van der Waals surface area contributed by atoms with Gasteiger partial charge in [0.15, 0.2) is 0 Å². The highest BCUT2D eigenvalue weighted by molar-refractivity contribution is 5.99. The van der Waals surface area contributed by atoms with Crippen molar-refractivity contribution in [3.63, 3.8) is 0 Å². The van der Waals surface area contributed by atoms with Crippen LogP contribution in [0, 0.1) is 18.2 Å². The van der Waals surface area contributed by atoms with E-state index in [-0.39, 0.29) is 23.5 Å². The van der Waals surface area contributed by atoms with Crippen molar-refractivity contribution in [1.29, 1.82) is 0 Å². The maximum Gasteiger partial charge on any atom is 0.410 e. The minimum atomic E-state index is -0.533. The molecule has 2 amide bonds. The van der Waals surface area contributed by atoms with Crippen LogP contribution < -0.4 is 0 Å². The third-order valence-electron chi connectivity index (χ3n) is 6.94. The van der Waals surface area contributed by atoms with Crippen molar-refractivity contribution in [1.82, 2.24) is 19.4 Å². The van der Waals surface area contributed by atoms with Gasteiger partial charge in [-0.3, -0.25) is 9.78 Å². The lowest BCUT2D eigenvalue weighted by Gasteiger charge is -2.48. The zero-order valence-electron chi connectivity index (χ0n) is 23.1. The van der Waals surface area contributed by atoms with Gasteiger partial charge in [0.05, 0.1) is 23.0 Å². The first-order valence-electron chi connectivity index (χ1n) is 12.7. The zero-order valence-corrected chi connectivity index (χ0v) is 23.1. The Hall–Kier alpha value is -3.42. The average Bonchev–Trinajstić information content (AvgIpc) is 3.14. The number of hydrogen-bond donors (Lipinski definition) is 0. The number of nitrogens with zero attached hydrogens (tertiary/aromatic N) is 4. The number of likely N-dealkylation sites (tertiary alicyclic amines) is 1. The maximum atomic E-state index is 14.3. The molecule has 1 aliphatic rings. The quantitative estimate of drug-likeness (QED) is 0.440. The van der Waals surface area contributed by atoms with E-state index < -0.39 is 11.4 Å². The van der Waals surface area contributed by atoms with Gasteiger partial charge in [0.25, 0.3) is 5.91 Å². The van der Waals surface area contributed by atoms with Gasteiger partial charge in [0.1, 0.15) is 11.4 Å². The van der Waals surface area contributed by atoms with Crippen molar-refractivity contribution in [2.24, 2.45) is 5.41 Å². The summed E-state index contributed by atoms with van der Waals surface area (Å²) in [5.74, 6) is -0.702. The molecular formula is C29H37FN4O3. The second-order valence-electron chi connectivity index (χ2n) is 11.9. The average molecular weight is 509 g/mol. The normalized spacial score (nSPS) is 15.1. The molecule has 0 N–H and O–H groups in total. The fourth-order valence-corrected chi connectivity index (χ4v) is 4.99. The zero-order chi connectivity index (χ0) is 27.3. The summed E-state index contributed by atoms with van der Waals surface area (Å²) in [5, 5.41) is 1.06. The van der Waals surface area contributed by atoms with Gasteiger partial charge >= 0.3 is 6.09 Å². The first-order chi connectivity index (χ1) is 17.2. The molecule has 7 nitrogen and oxygen atoms in total. The van der Waals surface area contributed by atoms with Gasteiger partial charge in [-0.1, -0.05) is 6.92 Å². The summed E-state index contributed by atoms with van der Waals surface area (Å²) in [6.07, 6.45) is 6.08. The van der Waals surface area contributed by atoms with Crippen LogP contribution in [0.4, 0.5) is 9.18 Å². The molecule has 0 spiro atoms. The second-order valence-corrected chi connectivity index (χ2v) is 11.9. The molecule has 1 saturated heterocycles. The van der Waals surface area contributed by atoms with Crippen LogP contribution in [-0.2, 0) is 11.2 Å². The predicted molar refractivity (Wildman–Crippen MR) is 143 cm³/mol. The van der Waals surface area contributed by atoms with Crippen LogP contribution >= 0.6 is 0 Å². The smallest absolute Gasteiger partial charge is 0.410 e. The number of fused-ring (bicyclic) bond motifs is 1. The van der Waals surface area contributed by atoms with Gasteiger partial charge in [-0.05, 0) is 77.3 Å². The minimum absolute atomic E-state index is 0.0315. The van der Waals surface area contributed by atoms with E-state index in [0.29, 0.717) is 24.3 Å². The molecule has 0 atom stereocenters. The number of pyridine rings is 1. The largest absolute Gasteiger partial charge is 0.444 e. The molecule has 1 aliphatic heterocycles. The van der Waals surface area contributed by atoms with Crippen molar-refractivity contribution in [2.45, 2.75) is 66.5 Å². The molecule has 3 heterocycles. The van der Waals surface area contributed by atoms with Crippen molar-refractivity contribution in [3.8, 4) is 5.69 Å². The topological polar surface area (TPSA) is 67.7 Å². The van der Waals surface area contributed by atoms with Gasteiger partial charge in [-0.2, -0.15) is 0 Å². The Bertz CT molecular complexity index is 1350. The van der Waals surface area contributed by atoms with Crippen LogP contribution in [0.1, 0.15) is 63.0 Å². The highest BCUT2D eigenvalue weighted by atomic mass is 19.1. The summed E-state index contributed by atoms with van der Waals surface area (Å²) in [6, 6.07) is 4.30. The van der Waals surface area contributed by atoms with Gasteiger partial charge in [-0.15, -0.1) is 0 Å². The van der Waals surface area contributed by atoms with E-state index >= 15 is 0 Å². The number of halogens is 1. The first-order valence-corrected chi connectivity index (χ1v) is 12.7. The van der Waals surface area contributed by atoms with E-state index in [1.807, 2.05) is 58.5 Å². The lowest BCUT2D eigenvalue weighted by molar-refractivity contribution is -0.0275.